The first-order valence-electron chi connectivity index (χ1n) is 6.77. The summed E-state index contributed by atoms with van der Waals surface area (Å²) in [6.07, 6.45) is -0.00984. The smallest absolute Gasteiger partial charge is 0.303 e. The van der Waals surface area contributed by atoms with Crippen molar-refractivity contribution in [3.05, 3.63) is 41.8 Å². The summed E-state index contributed by atoms with van der Waals surface area (Å²) in [6.45, 7) is 2.00. The van der Waals surface area contributed by atoms with Crippen molar-refractivity contribution < 1.29 is 19.1 Å². The number of carbonyl (C=O) groups is 2. The number of carbonyl (C=O) groups excluding carboxylic acids is 1. The molecule has 0 aliphatic rings. The minimum Gasteiger partial charge on any atom is -0.481 e. The fourth-order valence-electron chi connectivity index (χ4n) is 1.94. The normalized spacial score (nSPS) is 11.9. The number of aromatic amines is 1. The van der Waals surface area contributed by atoms with Crippen LogP contribution in [0.15, 0.2) is 30.3 Å². The number of nitrogens with one attached hydrogen (secondary N) is 2. The molecule has 0 aliphatic heterocycles. The van der Waals surface area contributed by atoms with E-state index >= 15 is 0 Å². The van der Waals surface area contributed by atoms with Gasteiger partial charge < -0.3 is 10.4 Å². The highest BCUT2D eigenvalue weighted by molar-refractivity contribution is 5.93. The number of benzene rings is 1. The van der Waals surface area contributed by atoms with Crippen molar-refractivity contribution >= 4 is 11.9 Å². The first-order valence-corrected chi connectivity index (χ1v) is 6.77. The molecule has 22 heavy (non-hydrogen) atoms. The predicted molar refractivity (Wildman–Crippen MR) is 77.7 cm³/mol. The predicted octanol–water partition coefficient (Wildman–Crippen LogP) is 2.06. The van der Waals surface area contributed by atoms with E-state index in [9.17, 15) is 14.0 Å². The van der Waals surface area contributed by atoms with E-state index in [1.54, 1.807) is 25.1 Å². The van der Waals surface area contributed by atoms with Gasteiger partial charge in [0.1, 0.15) is 11.5 Å². The Hall–Kier alpha value is -2.70. The summed E-state index contributed by atoms with van der Waals surface area (Å²) in [5.41, 5.74) is 1.49. The average Bonchev–Trinajstić information content (AvgIpc) is 2.94. The number of H-pyrrole nitrogens is 1. The second kappa shape index (κ2) is 6.84. The monoisotopic (exact) mass is 305 g/mol. The molecule has 1 atom stereocenters. The first kappa shape index (κ1) is 15.7. The number of nitrogens with zero attached hydrogens (tertiary/aromatic N) is 1. The zero-order valence-corrected chi connectivity index (χ0v) is 12.0. The Labute approximate surface area is 126 Å². The second-order valence-corrected chi connectivity index (χ2v) is 5.09. The molecule has 0 fully saturated rings. The summed E-state index contributed by atoms with van der Waals surface area (Å²) in [7, 11) is 0. The van der Waals surface area contributed by atoms with Crippen LogP contribution in [-0.2, 0) is 4.79 Å². The van der Waals surface area contributed by atoms with Crippen molar-refractivity contribution in [1.29, 1.82) is 0 Å². The maximum absolute atomic E-state index is 12.9. The van der Waals surface area contributed by atoms with Gasteiger partial charge in [-0.3, -0.25) is 14.7 Å². The van der Waals surface area contributed by atoms with Crippen LogP contribution in [-0.4, -0.2) is 33.7 Å². The SMILES string of the molecule is CC(CNC(=O)c1cc(-c2ccc(F)cc2)n[nH]1)CC(=O)O. The van der Waals surface area contributed by atoms with Gasteiger partial charge in [-0.05, 0) is 36.2 Å². The molecule has 1 heterocycles. The molecule has 0 saturated heterocycles. The summed E-state index contributed by atoms with van der Waals surface area (Å²) in [4.78, 5) is 22.5. The van der Waals surface area contributed by atoms with Crippen molar-refractivity contribution in [1.82, 2.24) is 15.5 Å². The van der Waals surface area contributed by atoms with Crippen molar-refractivity contribution in [3.63, 3.8) is 0 Å². The fourth-order valence-corrected chi connectivity index (χ4v) is 1.94. The molecule has 0 saturated carbocycles. The molecular weight excluding hydrogens is 289 g/mol. The molecular formula is C15H16FN3O3. The molecule has 3 N–H and O–H groups in total. The molecule has 1 unspecified atom stereocenters. The summed E-state index contributed by atoms with van der Waals surface area (Å²) < 4.78 is 12.9. The van der Waals surface area contributed by atoms with Crippen LogP contribution in [0.25, 0.3) is 11.3 Å². The van der Waals surface area contributed by atoms with Gasteiger partial charge in [-0.1, -0.05) is 6.92 Å². The zero-order valence-electron chi connectivity index (χ0n) is 12.0. The van der Waals surface area contributed by atoms with E-state index in [1.165, 1.54) is 12.1 Å². The summed E-state index contributed by atoms with van der Waals surface area (Å²) >= 11 is 0. The van der Waals surface area contributed by atoms with Gasteiger partial charge in [0.15, 0.2) is 0 Å². The number of halogens is 1. The molecule has 0 radical (unpaired) electrons. The molecule has 1 aromatic heterocycles. The van der Waals surface area contributed by atoms with Crippen molar-refractivity contribution in [2.24, 2.45) is 5.92 Å². The molecule has 0 bridgehead atoms. The number of aliphatic carboxylic acids is 1. The lowest BCUT2D eigenvalue weighted by molar-refractivity contribution is -0.137. The molecule has 0 aliphatic carbocycles. The first-order chi connectivity index (χ1) is 10.5. The Morgan fingerprint density at radius 3 is 2.68 bits per heavy atom. The molecule has 2 aromatic rings. The molecule has 1 amide bonds. The van der Waals surface area contributed by atoms with Crippen LogP contribution in [0.3, 0.4) is 0 Å². The highest BCUT2D eigenvalue weighted by atomic mass is 19.1. The van der Waals surface area contributed by atoms with Crippen LogP contribution in [0.5, 0.6) is 0 Å². The van der Waals surface area contributed by atoms with E-state index in [1.807, 2.05) is 0 Å². The van der Waals surface area contributed by atoms with Gasteiger partial charge in [-0.25, -0.2) is 4.39 Å². The largest absolute Gasteiger partial charge is 0.481 e. The lowest BCUT2D eigenvalue weighted by atomic mass is 10.1. The van der Waals surface area contributed by atoms with E-state index in [0.717, 1.165) is 0 Å². The Balaban J connectivity index is 1.97. The van der Waals surface area contributed by atoms with Crippen LogP contribution in [0, 0.1) is 11.7 Å². The van der Waals surface area contributed by atoms with E-state index < -0.39 is 5.97 Å². The standard InChI is InChI=1S/C15H16FN3O3/c1-9(6-14(20)21)8-17-15(22)13-7-12(18-19-13)10-2-4-11(16)5-3-10/h2-5,7,9H,6,8H2,1H3,(H,17,22)(H,18,19)(H,20,21). The minimum atomic E-state index is -0.901. The van der Waals surface area contributed by atoms with Crippen LogP contribution < -0.4 is 5.32 Å². The maximum atomic E-state index is 12.9. The van der Waals surface area contributed by atoms with E-state index in [4.69, 9.17) is 5.11 Å². The average molecular weight is 305 g/mol. The molecule has 2 rings (SSSR count). The number of aromatic nitrogens is 2. The Kier molecular flexibility index (Phi) is 4.88. The number of amides is 1. The Morgan fingerprint density at radius 1 is 1.36 bits per heavy atom. The summed E-state index contributed by atoms with van der Waals surface area (Å²) in [5.74, 6) is -1.77. The number of hydrogen-bond acceptors (Lipinski definition) is 3. The second-order valence-electron chi connectivity index (χ2n) is 5.09. The van der Waals surface area contributed by atoms with Gasteiger partial charge in [0.2, 0.25) is 0 Å². The Bertz CT molecular complexity index is 667. The summed E-state index contributed by atoms with van der Waals surface area (Å²) in [5, 5.41) is 17.9. The number of hydrogen-bond donors (Lipinski definition) is 3. The lowest BCUT2D eigenvalue weighted by Crippen LogP contribution is -2.29. The Morgan fingerprint density at radius 2 is 2.05 bits per heavy atom. The molecule has 7 heteroatoms. The number of rotatable bonds is 6. The van der Waals surface area contributed by atoms with Crippen LogP contribution in [0.4, 0.5) is 4.39 Å². The number of carboxylic acids is 1. The highest BCUT2D eigenvalue weighted by Crippen LogP contribution is 2.18. The topological polar surface area (TPSA) is 95.1 Å². The fraction of sp³-hybridized carbons (Fsp3) is 0.267. The van der Waals surface area contributed by atoms with E-state index in [-0.39, 0.29) is 36.3 Å². The molecule has 1 aromatic carbocycles. The third-order valence-electron chi connectivity index (χ3n) is 3.10. The van der Waals surface area contributed by atoms with Crippen molar-refractivity contribution in [3.8, 4) is 11.3 Å². The number of carboxylic acid groups (broad SMARTS) is 1. The van der Waals surface area contributed by atoms with Gasteiger partial charge in [0, 0.05) is 18.5 Å². The zero-order chi connectivity index (χ0) is 16.1. The van der Waals surface area contributed by atoms with E-state index in [2.05, 4.69) is 15.5 Å². The van der Waals surface area contributed by atoms with Gasteiger partial charge >= 0.3 is 5.97 Å². The van der Waals surface area contributed by atoms with E-state index in [0.29, 0.717) is 11.3 Å². The lowest BCUT2D eigenvalue weighted by Gasteiger charge is -2.09. The molecule has 0 spiro atoms. The van der Waals surface area contributed by atoms with Gasteiger partial charge in [-0.2, -0.15) is 5.10 Å². The molecule has 6 nitrogen and oxygen atoms in total. The van der Waals surface area contributed by atoms with Gasteiger partial charge in [-0.15, -0.1) is 0 Å². The van der Waals surface area contributed by atoms with Crippen LogP contribution in [0.1, 0.15) is 23.8 Å². The van der Waals surface area contributed by atoms with Crippen LogP contribution in [0.2, 0.25) is 0 Å². The highest BCUT2D eigenvalue weighted by Gasteiger charge is 2.13. The maximum Gasteiger partial charge on any atom is 0.303 e. The minimum absolute atomic E-state index is 0.00984. The quantitative estimate of drug-likeness (QED) is 0.761. The van der Waals surface area contributed by atoms with Gasteiger partial charge in [0.25, 0.3) is 5.91 Å². The van der Waals surface area contributed by atoms with Crippen LogP contribution >= 0.6 is 0 Å². The summed E-state index contributed by atoms with van der Waals surface area (Å²) in [6, 6.07) is 7.34. The molecule has 116 valence electrons. The third kappa shape index (κ3) is 4.15. The van der Waals surface area contributed by atoms with Crippen molar-refractivity contribution in [2.45, 2.75) is 13.3 Å². The third-order valence-corrected chi connectivity index (χ3v) is 3.10. The van der Waals surface area contributed by atoms with Crippen molar-refractivity contribution in [2.75, 3.05) is 6.54 Å². The van der Waals surface area contributed by atoms with Gasteiger partial charge in [0.05, 0.1) is 5.69 Å².